The van der Waals surface area contributed by atoms with Gasteiger partial charge in [-0.05, 0) is 103 Å². The lowest BCUT2D eigenvalue weighted by Crippen LogP contribution is -2.37. The molecule has 10 heteroatoms. The lowest BCUT2D eigenvalue weighted by Gasteiger charge is -2.24. The van der Waals surface area contributed by atoms with Crippen LogP contribution in [0.15, 0.2) is 109 Å². The first-order valence-electron chi connectivity index (χ1n) is 34.6. The van der Waals surface area contributed by atoms with Crippen molar-refractivity contribution in [3.8, 4) is 0 Å². The minimum atomic E-state index is -4.39. The highest BCUT2D eigenvalue weighted by Crippen LogP contribution is 2.43. The van der Waals surface area contributed by atoms with E-state index in [1.54, 1.807) is 0 Å². The Morgan fingerprint density at radius 2 is 0.679 bits per heavy atom. The number of carbonyl (C=O) groups excluding carboxylic acids is 2. The van der Waals surface area contributed by atoms with E-state index in [0.29, 0.717) is 17.4 Å². The first-order chi connectivity index (χ1) is 41.0. The molecule has 484 valence electrons. The average molecular weight is 1190 g/mol. The van der Waals surface area contributed by atoms with Gasteiger partial charge < -0.3 is 18.9 Å². The molecule has 0 aromatic carbocycles. The number of likely N-dealkylation sites (N-methyl/N-ethyl adjacent to an activating group) is 1. The highest BCUT2D eigenvalue weighted by Gasteiger charge is 2.27. The fourth-order valence-electron chi connectivity index (χ4n) is 9.50. The highest BCUT2D eigenvalue weighted by atomic mass is 31.2. The number of unbranched alkanes of at least 4 members (excludes halogenated alkanes) is 31. The Labute approximate surface area is 518 Å². The summed E-state index contributed by atoms with van der Waals surface area (Å²) in [6.07, 6.45) is 90.5. The first kappa shape index (κ1) is 80.7. The average Bonchev–Trinajstić information content (AvgIpc) is 3.61. The van der Waals surface area contributed by atoms with Gasteiger partial charge in [-0.3, -0.25) is 18.6 Å². The minimum Gasteiger partial charge on any atom is -0.462 e. The second-order valence-corrected chi connectivity index (χ2v) is 25.6. The smallest absolute Gasteiger partial charge is 0.462 e. The molecule has 0 rings (SSSR count). The Morgan fingerprint density at radius 1 is 0.381 bits per heavy atom. The standard InChI is InChI=1S/C74H130NO8P/c1-6-8-10-12-14-16-18-20-22-24-26-27-28-29-30-31-32-33-34-35-36-37-38-39-40-41-42-43-44-45-46-47-49-51-53-55-57-59-61-63-65-67-74(77)83-72(71-82-84(78,79)81-69-68-75(3,4)5)70-80-73(76)66-64-62-60-58-56-54-52-50-48-25-23-21-19-17-15-13-11-9-7-2/h8,10,14,16,20-23,26-27,29-30,32-33,35-36,38-39,72H,6-7,9,11-13,15,17-19,24-25,28,31,34,37,40-71H2,1-5H3/p+1/b10-8-,16-14-,22-20-,23-21-,27-26-,30-29-,33-32-,36-35-,39-38-. The van der Waals surface area contributed by atoms with E-state index in [2.05, 4.69) is 123 Å². The molecule has 0 aliphatic heterocycles. The van der Waals surface area contributed by atoms with Gasteiger partial charge >= 0.3 is 19.8 Å². The van der Waals surface area contributed by atoms with Crippen molar-refractivity contribution < 1.29 is 42.1 Å². The predicted molar refractivity (Wildman–Crippen MR) is 362 cm³/mol. The van der Waals surface area contributed by atoms with Crippen LogP contribution in [0.2, 0.25) is 0 Å². The molecule has 84 heavy (non-hydrogen) atoms. The van der Waals surface area contributed by atoms with Crippen LogP contribution in [-0.4, -0.2) is 74.9 Å². The van der Waals surface area contributed by atoms with E-state index in [-0.39, 0.29) is 32.0 Å². The van der Waals surface area contributed by atoms with Crippen molar-refractivity contribution in [3.05, 3.63) is 109 Å². The number of ether oxygens (including phenoxy) is 2. The third-order valence-corrected chi connectivity index (χ3v) is 15.8. The van der Waals surface area contributed by atoms with Gasteiger partial charge in [-0.15, -0.1) is 0 Å². The molecule has 0 radical (unpaired) electrons. The van der Waals surface area contributed by atoms with Crippen molar-refractivity contribution in [1.82, 2.24) is 0 Å². The molecule has 0 saturated carbocycles. The summed E-state index contributed by atoms with van der Waals surface area (Å²) in [6, 6.07) is 0. The van der Waals surface area contributed by atoms with Crippen LogP contribution in [0.25, 0.3) is 0 Å². The highest BCUT2D eigenvalue weighted by molar-refractivity contribution is 7.47. The quantitative estimate of drug-likeness (QED) is 0.0211. The molecule has 0 heterocycles. The number of carbonyl (C=O) groups is 2. The van der Waals surface area contributed by atoms with Crippen LogP contribution >= 0.6 is 7.82 Å². The maximum atomic E-state index is 12.9. The predicted octanol–water partition coefficient (Wildman–Crippen LogP) is 22.5. The van der Waals surface area contributed by atoms with Crippen molar-refractivity contribution in [2.24, 2.45) is 0 Å². The monoisotopic (exact) mass is 1190 g/mol. The largest absolute Gasteiger partial charge is 0.472 e. The lowest BCUT2D eigenvalue weighted by atomic mass is 10.0. The topological polar surface area (TPSA) is 108 Å². The van der Waals surface area contributed by atoms with Crippen molar-refractivity contribution in [2.75, 3.05) is 47.5 Å². The maximum Gasteiger partial charge on any atom is 0.472 e. The van der Waals surface area contributed by atoms with E-state index < -0.39 is 26.5 Å². The Kier molecular flexibility index (Phi) is 61.6. The molecule has 0 aliphatic carbocycles. The number of phosphoric acid groups is 1. The molecular weight excluding hydrogens is 1060 g/mol. The zero-order valence-electron chi connectivity index (χ0n) is 55.1. The SMILES string of the molecule is CC/C=C\C/C=C\C/C=C\C/C=C\C/C=C\C/C=C\C/C=C\C/C=C\CCCCCCCCCCCCCCCCCCC(=O)OC(COC(=O)CCCCCCCCCCC/C=C\CCCCCCCC)COP(=O)(O)OCC[N+](C)(C)C. The molecule has 1 N–H and O–H groups in total. The van der Waals surface area contributed by atoms with Crippen LogP contribution in [0.3, 0.4) is 0 Å². The molecule has 0 aromatic rings. The molecule has 0 bridgehead atoms. The number of allylic oxidation sites excluding steroid dienone is 18. The summed E-state index contributed by atoms with van der Waals surface area (Å²) in [6.45, 7) is 4.34. The molecule has 2 atom stereocenters. The minimum absolute atomic E-state index is 0.0294. The zero-order valence-corrected chi connectivity index (χ0v) is 56.0. The fourth-order valence-corrected chi connectivity index (χ4v) is 10.2. The van der Waals surface area contributed by atoms with E-state index in [1.165, 1.54) is 173 Å². The van der Waals surface area contributed by atoms with Gasteiger partial charge in [0.15, 0.2) is 6.10 Å². The third-order valence-electron chi connectivity index (χ3n) is 14.8. The van der Waals surface area contributed by atoms with Gasteiger partial charge in [0.1, 0.15) is 19.8 Å². The van der Waals surface area contributed by atoms with E-state index in [9.17, 15) is 19.0 Å². The van der Waals surface area contributed by atoms with Crippen molar-refractivity contribution in [1.29, 1.82) is 0 Å². The summed E-state index contributed by atoms with van der Waals surface area (Å²) < 4.78 is 34.7. The molecule has 0 spiro atoms. The molecule has 0 aromatic heterocycles. The molecule has 0 saturated heterocycles. The number of rotatable bonds is 63. The normalized spacial score (nSPS) is 13.8. The Balaban J connectivity index is 4.00. The summed E-state index contributed by atoms with van der Waals surface area (Å²) in [5.41, 5.74) is 0. The summed E-state index contributed by atoms with van der Waals surface area (Å²) in [5, 5.41) is 0. The van der Waals surface area contributed by atoms with Crippen LogP contribution < -0.4 is 0 Å². The maximum absolute atomic E-state index is 12.9. The van der Waals surface area contributed by atoms with Gasteiger partial charge in [0.05, 0.1) is 27.7 Å². The van der Waals surface area contributed by atoms with Crippen LogP contribution in [0.4, 0.5) is 0 Å². The Bertz CT molecular complexity index is 1790. The van der Waals surface area contributed by atoms with Gasteiger partial charge in [-0.2, -0.15) is 0 Å². The fraction of sp³-hybridized carbons (Fsp3) is 0.730. The second-order valence-electron chi connectivity index (χ2n) is 24.2. The van der Waals surface area contributed by atoms with Crippen molar-refractivity contribution >= 4 is 19.8 Å². The summed E-state index contributed by atoms with van der Waals surface area (Å²) >= 11 is 0. The van der Waals surface area contributed by atoms with Gasteiger partial charge in [-0.25, -0.2) is 4.57 Å². The lowest BCUT2D eigenvalue weighted by molar-refractivity contribution is -0.870. The number of esters is 2. The van der Waals surface area contributed by atoms with E-state index in [4.69, 9.17) is 18.5 Å². The van der Waals surface area contributed by atoms with Crippen molar-refractivity contribution in [2.45, 2.75) is 302 Å². The third kappa shape index (κ3) is 67.8. The molecule has 9 nitrogen and oxygen atoms in total. The van der Waals surface area contributed by atoms with Gasteiger partial charge in [0.2, 0.25) is 0 Å². The zero-order chi connectivity index (χ0) is 61.2. The number of phosphoric ester groups is 1. The Morgan fingerprint density at radius 3 is 1.02 bits per heavy atom. The van der Waals surface area contributed by atoms with Crippen LogP contribution in [0.5, 0.6) is 0 Å². The molecule has 2 unspecified atom stereocenters. The molecular formula is C74H131NO8P+. The van der Waals surface area contributed by atoms with E-state index in [0.717, 1.165) is 89.9 Å². The number of hydrogen-bond donors (Lipinski definition) is 1. The first-order valence-corrected chi connectivity index (χ1v) is 36.1. The molecule has 0 aliphatic rings. The van der Waals surface area contributed by atoms with E-state index >= 15 is 0 Å². The summed E-state index contributed by atoms with van der Waals surface area (Å²) in [5.74, 6) is -0.793. The molecule has 0 amide bonds. The number of hydrogen-bond acceptors (Lipinski definition) is 7. The van der Waals surface area contributed by atoms with Gasteiger partial charge in [0, 0.05) is 12.8 Å². The van der Waals surface area contributed by atoms with Crippen molar-refractivity contribution in [3.63, 3.8) is 0 Å². The number of nitrogens with zero attached hydrogens (tertiary/aromatic N) is 1. The van der Waals surface area contributed by atoms with Gasteiger partial charge in [0.25, 0.3) is 0 Å². The van der Waals surface area contributed by atoms with Gasteiger partial charge in [-0.1, -0.05) is 290 Å². The summed E-state index contributed by atoms with van der Waals surface area (Å²) in [4.78, 5) is 35.8. The second kappa shape index (κ2) is 64.2. The number of quaternary nitrogens is 1. The molecule has 0 fully saturated rings. The van der Waals surface area contributed by atoms with Crippen LogP contribution in [-0.2, 0) is 32.7 Å². The van der Waals surface area contributed by atoms with Crippen LogP contribution in [0.1, 0.15) is 296 Å². The summed E-state index contributed by atoms with van der Waals surface area (Å²) in [7, 11) is 1.48. The van der Waals surface area contributed by atoms with E-state index in [1.807, 2.05) is 21.1 Å². The van der Waals surface area contributed by atoms with Crippen LogP contribution in [0, 0.1) is 0 Å². The Hall–Kier alpha value is -3.33.